The van der Waals surface area contributed by atoms with Crippen molar-refractivity contribution in [3.63, 3.8) is 0 Å². The lowest BCUT2D eigenvalue weighted by molar-refractivity contribution is -0.117. The number of nitrogens with zero attached hydrogens (tertiary/aromatic N) is 3. The molecule has 32 heavy (non-hydrogen) atoms. The summed E-state index contributed by atoms with van der Waals surface area (Å²) in [6, 6.07) is 5.78. The van der Waals surface area contributed by atoms with E-state index < -0.39 is 0 Å². The summed E-state index contributed by atoms with van der Waals surface area (Å²) in [5.41, 5.74) is 1.74. The number of nitrogens with one attached hydrogen (secondary N) is 2. The Labute approximate surface area is 187 Å². The molecule has 1 unspecified atom stereocenters. The summed E-state index contributed by atoms with van der Waals surface area (Å²) >= 11 is 0. The lowest BCUT2D eigenvalue weighted by Gasteiger charge is -2.26. The van der Waals surface area contributed by atoms with E-state index in [0.29, 0.717) is 22.8 Å². The summed E-state index contributed by atoms with van der Waals surface area (Å²) in [5, 5.41) is 5.98. The number of carbonyl (C=O) groups excluding carboxylic acids is 2. The standard InChI is InChI=1S/C24H30FN5O2/c1-16-26-14-20(24(32)29-18-6-3-2-4-7-18)23(27-16)21-8-5-13-30(21)15-22(31)28-19-11-9-17(25)10-12-19/h9-12,14,18,21H,2-8,13,15H2,1H3,(H,28,31)(H,29,32). The molecule has 0 radical (unpaired) electrons. The number of anilines is 1. The Bertz CT molecular complexity index is 959. The van der Waals surface area contributed by atoms with Crippen molar-refractivity contribution in [3.8, 4) is 0 Å². The molecule has 2 amide bonds. The first-order valence-corrected chi connectivity index (χ1v) is 11.4. The number of aryl methyl sites for hydroxylation is 1. The minimum Gasteiger partial charge on any atom is -0.349 e. The number of halogens is 1. The van der Waals surface area contributed by atoms with Crippen LogP contribution in [0.3, 0.4) is 0 Å². The van der Waals surface area contributed by atoms with Crippen molar-refractivity contribution in [1.29, 1.82) is 0 Å². The van der Waals surface area contributed by atoms with Crippen LogP contribution in [0, 0.1) is 12.7 Å². The molecule has 8 heteroatoms. The molecule has 1 saturated carbocycles. The smallest absolute Gasteiger partial charge is 0.254 e. The van der Waals surface area contributed by atoms with Gasteiger partial charge < -0.3 is 10.6 Å². The van der Waals surface area contributed by atoms with Gasteiger partial charge in [0.25, 0.3) is 5.91 Å². The number of likely N-dealkylation sites (tertiary alicyclic amines) is 1. The van der Waals surface area contributed by atoms with Gasteiger partial charge in [-0.1, -0.05) is 19.3 Å². The van der Waals surface area contributed by atoms with Gasteiger partial charge in [0, 0.05) is 17.9 Å². The number of benzene rings is 1. The van der Waals surface area contributed by atoms with E-state index in [1.807, 2.05) is 6.92 Å². The zero-order chi connectivity index (χ0) is 22.5. The van der Waals surface area contributed by atoms with Crippen molar-refractivity contribution < 1.29 is 14.0 Å². The summed E-state index contributed by atoms with van der Waals surface area (Å²) in [7, 11) is 0. The van der Waals surface area contributed by atoms with Crippen molar-refractivity contribution in [1.82, 2.24) is 20.2 Å². The van der Waals surface area contributed by atoms with Crippen LogP contribution in [0.2, 0.25) is 0 Å². The van der Waals surface area contributed by atoms with E-state index in [0.717, 1.165) is 45.1 Å². The van der Waals surface area contributed by atoms with Crippen molar-refractivity contribution in [2.75, 3.05) is 18.4 Å². The van der Waals surface area contributed by atoms with E-state index in [9.17, 15) is 14.0 Å². The molecule has 0 spiro atoms. The molecule has 1 saturated heterocycles. The van der Waals surface area contributed by atoms with Crippen LogP contribution in [-0.2, 0) is 4.79 Å². The second kappa shape index (κ2) is 10.2. The minimum absolute atomic E-state index is 0.122. The van der Waals surface area contributed by atoms with E-state index in [4.69, 9.17) is 0 Å². The number of amides is 2. The molecular weight excluding hydrogens is 409 g/mol. The first-order chi connectivity index (χ1) is 15.5. The quantitative estimate of drug-likeness (QED) is 0.716. The molecule has 1 aliphatic heterocycles. The van der Waals surface area contributed by atoms with Gasteiger partial charge in [-0.05, 0) is 63.4 Å². The number of hydrogen-bond donors (Lipinski definition) is 2. The summed E-state index contributed by atoms with van der Waals surface area (Å²) in [6.45, 7) is 2.73. The number of rotatable bonds is 6. The van der Waals surface area contributed by atoms with E-state index in [-0.39, 0.29) is 36.3 Å². The van der Waals surface area contributed by atoms with Gasteiger partial charge in [-0.2, -0.15) is 0 Å². The second-order valence-electron chi connectivity index (χ2n) is 8.71. The topological polar surface area (TPSA) is 87.2 Å². The van der Waals surface area contributed by atoms with Crippen molar-refractivity contribution >= 4 is 17.5 Å². The maximum Gasteiger partial charge on any atom is 0.254 e. The van der Waals surface area contributed by atoms with Gasteiger partial charge in [-0.3, -0.25) is 14.5 Å². The fourth-order valence-corrected chi connectivity index (χ4v) is 4.67. The highest BCUT2D eigenvalue weighted by Gasteiger charge is 2.32. The van der Waals surface area contributed by atoms with E-state index in [1.54, 1.807) is 6.20 Å². The maximum atomic E-state index is 13.1. The Hall–Kier alpha value is -2.87. The highest BCUT2D eigenvalue weighted by Crippen LogP contribution is 2.32. The monoisotopic (exact) mass is 439 g/mol. The van der Waals surface area contributed by atoms with Crippen LogP contribution in [0.1, 0.15) is 72.9 Å². The number of aromatic nitrogens is 2. The van der Waals surface area contributed by atoms with Crippen LogP contribution >= 0.6 is 0 Å². The van der Waals surface area contributed by atoms with Crippen LogP contribution < -0.4 is 10.6 Å². The van der Waals surface area contributed by atoms with Gasteiger partial charge >= 0.3 is 0 Å². The fourth-order valence-electron chi connectivity index (χ4n) is 4.67. The van der Waals surface area contributed by atoms with E-state index in [1.165, 1.54) is 30.7 Å². The summed E-state index contributed by atoms with van der Waals surface area (Å²) in [5.74, 6) is -0.0467. The maximum absolute atomic E-state index is 13.1. The first kappa shape index (κ1) is 22.3. The third kappa shape index (κ3) is 5.48. The van der Waals surface area contributed by atoms with Crippen LogP contribution in [0.4, 0.5) is 10.1 Å². The molecule has 4 rings (SSSR count). The predicted octanol–water partition coefficient (Wildman–Crippen LogP) is 3.76. The van der Waals surface area contributed by atoms with Gasteiger partial charge in [0.2, 0.25) is 5.91 Å². The molecule has 1 atom stereocenters. The van der Waals surface area contributed by atoms with Crippen LogP contribution in [0.5, 0.6) is 0 Å². The fraction of sp³-hybridized carbons (Fsp3) is 0.500. The van der Waals surface area contributed by atoms with Gasteiger partial charge in [0.15, 0.2) is 0 Å². The Morgan fingerprint density at radius 1 is 1.09 bits per heavy atom. The third-order valence-corrected chi connectivity index (χ3v) is 6.28. The Kier molecular flexibility index (Phi) is 7.09. The molecule has 1 aromatic heterocycles. The molecule has 1 aromatic carbocycles. The zero-order valence-corrected chi connectivity index (χ0v) is 18.4. The zero-order valence-electron chi connectivity index (χ0n) is 18.4. The SMILES string of the molecule is Cc1ncc(C(=O)NC2CCCCC2)c(C2CCCN2CC(=O)Nc2ccc(F)cc2)n1. The molecule has 2 N–H and O–H groups in total. The first-order valence-electron chi connectivity index (χ1n) is 11.4. The van der Waals surface area contributed by atoms with Gasteiger partial charge in [-0.15, -0.1) is 0 Å². The Balaban J connectivity index is 1.47. The molecule has 170 valence electrons. The molecule has 2 fully saturated rings. The minimum atomic E-state index is -0.347. The van der Waals surface area contributed by atoms with Crippen molar-refractivity contribution in [2.24, 2.45) is 0 Å². The van der Waals surface area contributed by atoms with E-state index >= 15 is 0 Å². The molecule has 2 heterocycles. The summed E-state index contributed by atoms with van der Waals surface area (Å²) in [4.78, 5) is 36.7. The summed E-state index contributed by atoms with van der Waals surface area (Å²) in [6.07, 6.45) is 8.88. The number of hydrogen-bond acceptors (Lipinski definition) is 5. The Morgan fingerprint density at radius 2 is 1.84 bits per heavy atom. The van der Waals surface area contributed by atoms with Crippen LogP contribution in [0.25, 0.3) is 0 Å². The van der Waals surface area contributed by atoms with Gasteiger partial charge in [0.1, 0.15) is 11.6 Å². The molecular formula is C24H30FN5O2. The molecule has 1 aliphatic carbocycles. The lowest BCUT2D eigenvalue weighted by Crippen LogP contribution is -2.38. The van der Waals surface area contributed by atoms with Crippen molar-refractivity contribution in [2.45, 2.75) is 64.0 Å². The normalized spacial score (nSPS) is 19.6. The third-order valence-electron chi connectivity index (χ3n) is 6.28. The molecule has 2 aliphatic rings. The molecule has 2 aromatic rings. The van der Waals surface area contributed by atoms with Crippen LogP contribution in [0.15, 0.2) is 30.5 Å². The van der Waals surface area contributed by atoms with Gasteiger partial charge in [-0.25, -0.2) is 14.4 Å². The van der Waals surface area contributed by atoms with Crippen molar-refractivity contribution in [3.05, 3.63) is 53.4 Å². The number of carbonyl (C=O) groups is 2. The average Bonchev–Trinajstić information content (AvgIpc) is 3.23. The van der Waals surface area contributed by atoms with E-state index in [2.05, 4.69) is 25.5 Å². The van der Waals surface area contributed by atoms with Gasteiger partial charge in [0.05, 0.1) is 23.8 Å². The highest BCUT2D eigenvalue weighted by atomic mass is 19.1. The predicted molar refractivity (Wildman–Crippen MR) is 120 cm³/mol. The summed E-state index contributed by atoms with van der Waals surface area (Å²) < 4.78 is 13.1. The van der Waals surface area contributed by atoms with Crippen LogP contribution in [-0.4, -0.2) is 45.8 Å². The highest BCUT2D eigenvalue weighted by molar-refractivity contribution is 5.95. The molecule has 0 bridgehead atoms. The second-order valence-corrected chi connectivity index (χ2v) is 8.71. The lowest BCUT2D eigenvalue weighted by atomic mass is 9.95. The molecule has 7 nitrogen and oxygen atoms in total. The Morgan fingerprint density at radius 3 is 2.59 bits per heavy atom. The average molecular weight is 440 g/mol. The largest absolute Gasteiger partial charge is 0.349 e.